The molecule has 3 rings (SSSR count). The van der Waals surface area contributed by atoms with Crippen LogP contribution in [0.2, 0.25) is 0 Å². The first kappa shape index (κ1) is 14.8. The molecule has 2 fully saturated rings. The maximum atomic E-state index is 12.5. The van der Waals surface area contributed by atoms with E-state index in [4.69, 9.17) is 0 Å². The van der Waals surface area contributed by atoms with E-state index in [-0.39, 0.29) is 35.6 Å². The van der Waals surface area contributed by atoms with Crippen LogP contribution in [0.25, 0.3) is 0 Å². The van der Waals surface area contributed by atoms with E-state index in [1.807, 2.05) is 12.2 Å². The van der Waals surface area contributed by atoms with E-state index in [0.29, 0.717) is 25.7 Å². The van der Waals surface area contributed by atoms with Crippen molar-refractivity contribution in [1.29, 1.82) is 0 Å². The second-order valence-corrected chi connectivity index (χ2v) is 7.81. The average molecular weight is 291 g/mol. The summed E-state index contributed by atoms with van der Waals surface area (Å²) >= 11 is 0. The van der Waals surface area contributed by atoms with E-state index >= 15 is 0 Å². The monoisotopic (exact) mass is 291 g/mol. The van der Waals surface area contributed by atoms with E-state index in [2.05, 4.69) is 13.8 Å². The first-order valence-corrected chi connectivity index (χ1v) is 8.04. The summed E-state index contributed by atoms with van der Waals surface area (Å²) in [6.45, 7) is 4.60. The van der Waals surface area contributed by atoms with Crippen LogP contribution in [0.3, 0.4) is 0 Å². The summed E-state index contributed by atoms with van der Waals surface area (Å²) in [6.07, 6.45) is 8.54. The maximum Gasteiger partial charge on any atom is 0.233 e. The van der Waals surface area contributed by atoms with Crippen LogP contribution in [0, 0.1) is 17.3 Å². The SMILES string of the molecule is CC1(C)CCC(O)(CN2C(=O)C3CC=CCC3C2=O)CC1. The Hall–Kier alpha value is -1.16. The third-order valence-electron chi connectivity index (χ3n) is 5.59. The fourth-order valence-corrected chi connectivity index (χ4v) is 3.87. The van der Waals surface area contributed by atoms with Crippen molar-refractivity contribution in [2.24, 2.45) is 17.3 Å². The lowest BCUT2D eigenvalue weighted by Crippen LogP contribution is -2.48. The van der Waals surface area contributed by atoms with E-state index in [0.717, 1.165) is 12.8 Å². The molecule has 116 valence electrons. The topological polar surface area (TPSA) is 57.6 Å². The summed E-state index contributed by atoms with van der Waals surface area (Å²) in [5.74, 6) is -0.530. The standard InChI is InChI=1S/C17H25NO3/c1-16(2)7-9-17(21,10-8-16)11-18-14(19)12-5-3-4-6-13(12)15(18)20/h3-4,12-13,21H,5-11H2,1-2H3. The number of imide groups is 1. The Labute approximate surface area is 126 Å². The van der Waals surface area contributed by atoms with Gasteiger partial charge in [-0.3, -0.25) is 14.5 Å². The van der Waals surface area contributed by atoms with Crippen molar-refractivity contribution in [2.45, 2.75) is 58.0 Å². The smallest absolute Gasteiger partial charge is 0.233 e. The highest BCUT2D eigenvalue weighted by molar-refractivity contribution is 6.05. The van der Waals surface area contributed by atoms with Crippen LogP contribution in [0.5, 0.6) is 0 Å². The van der Waals surface area contributed by atoms with Crippen molar-refractivity contribution in [2.75, 3.05) is 6.54 Å². The molecule has 2 amide bonds. The van der Waals surface area contributed by atoms with Crippen LogP contribution in [0.4, 0.5) is 0 Å². The minimum absolute atomic E-state index is 0.0763. The largest absolute Gasteiger partial charge is 0.388 e. The number of allylic oxidation sites excluding steroid dienone is 2. The summed E-state index contributed by atoms with van der Waals surface area (Å²) in [6, 6.07) is 0. The first-order chi connectivity index (χ1) is 9.81. The molecule has 0 aromatic heterocycles. The summed E-state index contributed by atoms with van der Waals surface area (Å²) < 4.78 is 0. The zero-order chi connectivity index (χ0) is 15.3. The van der Waals surface area contributed by atoms with Crippen molar-refractivity contribution < 1.29 is 14.7 Å². The van der Waals surface area contributed by atoms with Crippen LogP contribution < -0.4 is 0 Å². The normalized spacial score (nSPS) is 34.1. The van der Waals surface area contributed by atoms with Gasteiger partial charge in [-0.1, -0.05) is 26.0 Å². The zero-order valence-corrected chi connectivity index (χ0v) is 13.0. The molecule has 1 saturated heterocycles. The van der Waals surface area contributed by atoms with Gasteiger partial charge in [-0.25, -0.2) is 0 Å². The number of rotatable bonds is 2. The Morgan fingerprint density at radius 2 is 1.52 bits per heavy atom. The fraction of sp³-hybridized carbons (Fsp3) is 0.765. The van der Waals surface area contributed by atoms with Gasteiger partial charge >= 0.3 is 0 Å². The van der Waals surface area contributed by atoms with Gasteiger partial charge in [-0.15, -0.1) is 0 Å². The molecular weight excluding hydrogens is 266 g/mol. The fourth-order valence-electron chi connectivity index (χ4n) is 3.87. The van der Waals surface area contributed by atoms with E-state index in [1.165, 1.54) is 4.90 Å². The minimum Gasteiger partial charge on any atom is -0.388 e. The molecule has 0 bridgehead atoms. The average Bonchev–Trinajstić information content (AvgIpc) is 2.69. The molecule has 3 aliphatic rings. The number of hydrogen-bond acceptors (Lipinski definition) is 3. The zero-order valence-electron chi connectivity index (χ0n) is 13.0. The Morgan fingerprint density at radius 3 is 2.00 bits per heavy atom. The Balaban J connectivity index is 1.71. The molecule has 4 nitrogen and oxygen atoms in total. The quantitative estimate of drug-likeness (QED) is 0.627. The van der Waals surface area contributed by atoms with Gasteiger partial charge in [0.1, 0.15) is 0 Å². The highest BCUT2D eigenvalue weighted by Crippen LogP contribution is 2.42. The lowest BCUT2D eigenvalue weighted by Gasteiger charge is -2.41. The Bertz CT molecular complexity index is 458. The molecule has 1 saturated carbocycles. The van der Waals surface area contributed by atoms with E-state index in [1.54, 1.807) is 0 Å². The van der Waals surface area contributed by atoms with Gasteiger partial charge in [0.15, 0.2) is 0 Å². The molecule has 0 spiro atoms. The van der Waals surface area contributed by atoms with Crippen LogP contribution in [-0.2, 0) is 9.59 Å². The molecule has 21 heavy (non-hydrogen) atoms. The third kappa shape index (κ3) is 2.66. The Morgan fingerprint density at radius 1 is 1.05 bits per heavy atom. The molecule has 1 aliphatic heterocycles. The second-order valence-electron chi connectivity index (χ2n) is 7.81. The van der Waals surface area contributed by atoms with Gasteiger partial charge in [-0.05, 0) is 43.9 Å². The van der Waals surface area contributed by atoms with Gasteiger partial charge in [-0.2, -0.15) is 0 Å². The number of hydrogen-bond donors (Lipinski definition) is 1. The number of carbonyl (C=O) groups is 2. The van der Waals surface area contributed by atoms with E-state index < -0.39 is 5.60 Å². The molecule has 2 aliphatic carbocycles. The molecule has 4 heteroatoms. The third-order valence-corrected chi connectivity index (χ3v) is 5.59. The van der Waals surface area contributed by atoms with Crippen molar-refractivity contribution in [3.05, 3.63) is 12.2 Å². The number of aliphatic hydroxyl groups is 1. The maximum absolute atomic E-state index is 12.5. The highest BCUT2D eigenvalue weighted by Gasteiger charge is 2.50. The summed E-state index contributed by atoms with van der Waals surface area (Å²) in [5.41, 5.74) is -0.634. The Kier molecular flexibility index (Phi) is 3.47. The van der Waals surface area contributed by atoms with Crippen LogP contribution >= 0.6 is 0 Å². The highest BCUT2D eigenvalue weighted by atomic mass is 16.3. The number of likely N-dealkylation sites (tertiary alicyclic amines) is 1. The van der Waals surface area contributed by atoms with Gasteiger partial charge in [0, 0.05) is 0 Å². The van der Waals surface area contributed by atoms with Gasteiger partial charge in [0.05, 0.1) is 24.0 Å². The van der Waals surface area contributed by atoms with Crippen molar-refractivity contribution in [3.63, 3.8) is 0 Å². The number of nitrogens with zero attached hydrogens (tertiary/aromatic N) is 1. The van der Waals surface area contributed by atoms with Gasteiger partial charge < -0.3 is 5.11 Å². The lowest BCUT2D eigenvalue weighted by molar-refractivity contribution is -0.146. The second kappa shape index (κ2) is 4.94. The number of carbonyl (C=O) groups excluding carboxylic acids is 2. The molecular formula is C17H25NO3. The number of fused-ring (bicyclic) bond motifs is 1. The van der Waals surface area contributed by atoms with Gasteiger partial charge in [0.25, 0.3) is 0 Å². The molecule has 0 aromatic carbocycles. The molecule has 2 unspecified atom stereocenters. The summed E-state index contributed by atoms with van der Waals surface area (Å²) in [4.78, 5) is 26.3. The van der Waals surface area contributed by atoms with Crippen LogP contribution in [0.1, 0.15) is 52.4 Å². The van der Waals surface area contributed by atoms with Crippen molar-refractivity contribution in [1.82, 2.24) is 4.90 Å². The van der Waals surface area contributed by atoms with Crippen molar-refractivity contribution >= 4 is 11.8 Å². The molecule has 0 radical (unpaired) electrons. The summed E-state index contributed by atoms with van der Waals surface area (Å²) in [5, 5.41) is 10.8. The molecule has 0 aromatic rings. The van der Waals surface area contributed by atoms with Crippen LogP contribution in [0.15, 0.2) is 12.2 Å². The summed E-state index contributed by atoms with van der Waals surface area (Å²) in [7, 11) is 0. The van der Waals surface area contributed by atoms with Crippen LogP contribution in [-0.4, -0.2) is 34.0 Å². The molecule has 2 atom stereocenters. The minimum atomic E-state index is -0.887. The first-order valence-electron chi connectivity index (χ1n) is 8.04. The molecule has 1 heterocycles. The van der Waals surface area contributed by atoms with Gasteiger partial charge in [0.2, 0.25) is 11.8 Å². The molecule has 1 N–H and O–H groups in total. The number of β-amino-alcohol motifs (C(OH)–C–C–N with tert-alkyl or cyclic N) is 1. The predicted molar refractivity (Wildman–Crippen MR) is 79.3 cm³/mol. The van der Waals surface area contributed by atoms with Crippen molar-refractivity contribution in [3.8, 4) is 0 Å². The lowest BCUT2D eigenvalue weighted by atomic mass is 9.71. The number of amides is 2. The van der Waals surface area contributed by atoms with E-state index in [9.17, 15) is 14.7 Å². The predicted octanol–water partition coefficient (Wildman–Crippen LogP) is 2.27.